The van der Waals surface area contributed by atoms with Crippen molar-refractivity contribution in [2.45, 2.75) is 64.7 Å². The van der Waals surface area contributed by atoms with E-state index in [0.717, 1.165) is 43.5 Å². The Kier molecular flexibility index (Phi) is 5.50. The van der Waals surface area contributed by atoms with Crippen LogP contribution in [0.4, 0.5) is 0 Å². The highest BCUT2D eigenvalue weighted by molar-refractivity contribution is 5.80. The van der Waals surface area contributed by atoms with E-state index in [9.17, 15) is 9.59 Å². The van der Waals surface area contributed by atoms with Gasteiger partial charge in [0, 0.05) is 24.9 Å². The minimum atomic E-state index is -0.158. The fourth-order valence-electron chi connectivity index (χ4n) is 4.39. The Balaban J connectivity index is 1.37. The van der Waals surface area contributed by atoms with Gasteiger partial charge >= 0.3 is 0 Å². The number of nitrogens with one attached hydrogen (secondary N) is 1. The molecule has 0 bridgehead atoms. The van der Waals surface area contributed by atoms with Gasteiger partial charge in [0.15, 0.2) is 0 Å². The van der Waals surface area contributed by atoms with Crippen molar-refractivity contribution in [3.8, 4) is 0 Å². The van der Waals surface area contributed by atoms with Crippen molar-refractivity contribution in [3.63, 3.8) is 0 Å². The molecule has 1 N–H and O–H groups in total. The quantitative estimate of drug-likeness (QED) is 0.833. The lowest BCUT2D eigenvalue weighted by molar-refractivity contribution is -0.136. The van der Waals surface area contributed by atoms with Gasteiger partial charge < -0.3 is 14.8 Å². The molecule has 2 amide bonds. The average molecular weight is 383 g/mol. The van der Waals surface area contributed by atoms with Crippen LogP contribution in [0.15, 0.2) is 30.6 Å². The van der Waals surface area contributed by atoms with Crippen LogP contribution >= 0.6 is 0 Å². The Morgan fingerprint density at radius 1 is 1.21 bits per heavy atom. The second-order valence-electron chi connectivity index (χ2n) is 7.86. The Morgan fingerprint density at radius 2 is 1.96 bits per heavy atom. The topological polar surface area (TPSA) is 72.2 Å². The molecule has 150 valence electrons. The van der Waals surface area contributed by atoms with Crippen LogP contribution in [0, 0.1) is 5.92 Å². The molecule has 1 aliphatic carbocycles. The number of fused-ring (bicyclic) bond motifs is 1. The number of carbonyl (C=O) groups excluding carboxylic acids is 2. The molecule has 2 aromatic heterocycles. The van der Waals surface area contributed by atoms with Crippen molar-refractivity contribution >= 4 is 11.8 Å². The fourth-order valence-corrected chi connectivity index (χ4v) is 4.39. The molecule has 2 aliphatic rings. The van der Waals surface area contributed by atoms with Gasteiger partial charge in [0.05, 0.1) is 31.0 Å². The van der Waals surface area contributed by atoms with E-state index in [0.29, 0.717) is 26.2 Å². The number of carbonyl (C=O) groups is 2. The third-order valence-electron chi connectivity index (χ3n) is 5.99. The Bertz CT molecular complexity index is 820. The lowest BCUT2D eigenvalue weighted by Crippen LogP contribution is -2.42. The highest BCUT2D eigenvalue weighted by Crippen LogP contribution is 2.25. The maximum Gasteiger partial charge on any atom is 0.246 e. The molecule has 1 atom stereocenters. The van der Waals surface area contributed by atoms with Crippen molar-refractivity contribution in [3.05, 3.63) is 42.0 Å². The van der Waals surface area contributed by atoms with Crippen LogP contribution in [0.5, 0.6) is 0 Å². The predicted octanol–water partition coefficient (Wildman–Crippen LogP) is 2.48. The molecule has 4 rings (SSSR count). The predicted molar refractivity (Wildman–Crippen MR) is 105 cm³/mol. The third-order valence-corrected chi connectivity index (χ3v) is 5.99. The van der Waals surface area contributed by atoms with Gasteiger partial charge in [-0.3, -0.25) is 14.3 Å². The van der Waals surface area contributed by atoms with Crippen molar-refractivity contribution < 1.29 is 9.59 Å². The van der Waals surface area contributed by atoms with E-state index in [1.165, 1.54) is 0 Å². The summed E-state index contributed by atoms with van der Waals surface area (Å²) in [6.07, 6.45) is 8.98. The summed E-state index contributed by atoms with van der Waals surface area (Å²) >= 11 is 0. The summed E-state index contributed by atoms with van der Waals surface area (Å²) in [4.78, 5) is 27.2. The summed E-state index contributed by atoms with van der Waals surface area (Å²) in [7, 11) is 0. The van der Waals surface area contributed by atoms with Crippen molar-refractivity contribution in [1.82, 2.24) is 24.6 Å². The van der Waals surface area contributed by atoms with Crippen LogP contribution in [-0.2, 0) is 29.2 Å². The molecule has 1 unspecified atom stereocenters. The van der Waals surface area contributed by atoms with Gasteiger partial charge in [0.25, 0.3) is 0 Å². The largest absolute Gasteiger partial charge is 0.350 e. The molecule has 0 radical (unpaired) electrons. The molecule has 0 saturated heterocycles. The zero-order chi connectivity index (χ0) is 19.5. The highest BCUT2D eigenvalue weighted by Gasteiger charge is 2.28. The average Bonchev–Trinajstić information content (AvgIpc) is 3.47. The zero-order valence-electron chi connectivity index (χ0n) is 16.5. The number of hydrogen-bond acceptors (Lipinski definition) is 3. The van der Waals surface area contributed by atoms with Gasteiger partial charge in [-0.15, -0.1) is 0 Å². The highest BCUT2D eigenvalue weighted by atomic mass is 16.2. The molecule has 3 heterocycles. The Morgan fingerprint density at radius 3 is 2.68 bits per heavy atom. The lowest BCUT2D eigenvalue weighted by atomic mass is 10.1. The molecule has 1 aliphatic heterocycles. The molecule has 0 spiro atoms. The van der Waals surface area contributed by atoms with Gasteiger partial charge in [-0.2, -0.15) is 5.10 Å². The number of aromatic nitrogens is 3. The molecule has 28 heavy (non-hydrogen) atoms. The Hall–Kier alpha value is -2.57. The van der Waals surface area contributed by atoms with E-state index >= 15 is 0 Å². The summed E-state index contributed by atoms with van der Waals surface area (Å²) in [5, 5.41) is 7.65. The first-order chi connectivity index (χ1) is 13.7. The minimum Gasteiger partial charge on any atom is -0.350 e. The van der Waals surface area contributed by atoms with Crippen LogP contribution in [0.1, 0.15) is 56.5 Å². The van der Waals surface area contributed by atoms with Crippen molar-refractivity contribution in [2.24, 2.45) is 5.92 Å². The maximum absolute atomic E-state index is 13.0. The number of amides is 2. The molecular formula is C21H29N5O2. The van der Waals surface area contributed by atoms with E-state index in [2.05, 4.69) is 10.4 Å². The molecule has 1 saturated carbocycles. The second kappa shape index (κ2) is 8.20. The van der Waals surface area contributed by atoms with Crippen LogP contribution in [0.3, 0.4) is 0 Å². The van der Waals surface area contributed by atoms with Gasteiger partial charge in [0.1, 0.15) is 6.04 Å². The Labute approximate surface area is 165 Å². The second-order valence-corrected chi connectivity index (χ2v) is 7.86. The van der Waals surface area contributed by atoms with Crippen LogP contribution in [0.2, 0.25) is 0 Å². The summed E-state index contributed by atoms with van der Waals surface area (Å²) in [5.41, 5.74) is 1.90. The van der Waals surface area contributed by atoms with Crippen molar-refractivity contribution in [2.75, 3.05) is 6.54 Å². The van der Waals surface area contributed by atoms with Crippen LogP contribution < -0.4 is 5.32 Å². The van der Waals surface area contributed by atoms with Gasteiger partial charge in [0.2, 0.25) is 11.8 Å². The van der Waals surface area contributed by atoms with E-state index in [1.54, 1.807) is 0 Å². The molecule has 1 fully saturated rings. The zero-order valence-corrected chi connectivity index (χ0v) is 16.5. The third kappa shape index (κ3) is 3.84. The number of rotatable bonds is 6. The van der Waals surface area contributed by atoms with E-state index < -0.39 is 0 Å². The first kappa shape index (κ1) is 18.8. The molecular weight excluding hydrogens is 354 g/mol. The SMILES string of the molecule is CCC(C(=O)N1CCn2nc(CNC(=O)C3CCCC3)cc2C1)n1cccc1. The smallest absolute Gasteiger partial charge is 0.246 e. The normalized spacial score (nSPS) is 18.1. The summed E-state index contributed by atoms with van der Waals surface area (Å²) in [5.74, 6) is 0.477. The first-order valence-electron chi connectivity index (χ1n) is 10.4. The number of nitrogens with zero attached hydrogens (tertiary/aromatic N) is 4. The van der Waals surface area contributed by atoms with E-state index in [1.807, 2.05) is 51.7 Å². The van der Waals surface area contributed by atoms with Crippen LogP contribution in [-0.4, -0.2) is 37.6 Å². The standard InChI is InChI=1S/C21H29N5O2/c1-2-19(24-9-5-6-10-24)21(28)25-11-12-26-18(15-25)13-17(23-26)14-22-20(27)16-7-3-4-8-16/h5-6,9-10,13,16,19H,2-4,7-8,11-12,14-15H2,1H3,(H,22,27). The molecule has 7 nitrogen and oxygen atoms in total. The first-order valence-corrected chi connectivity index (χ1v) is 10.4. The fraction of sp³-hybridized carbons (Fsp3) is 0.571. The summed E-state index contributed by atoms with van der Waals surface area (Å²) < 4.78 is 3.95. The van der Waals surface area contributed by atoms with Crippen molar-refractivity contribution in [1.29, 1.82) is 0 Å². The van der Waals surface area contributed by atoms with E-state index in [4.69, 9.17) is 0 Å². The van der Waals surface area contributed by atoms with Crippen LogP contribution in [0.25, 0.3) is 0 Å². The minimum absolute atomic E-state index is 0.151. The van der Waals surface area contributed by atoms with Gasteiger partial charge in [-0.25, -0.2) is 0 Å². The molecule has 0 aromatic carbocycles. The van der Waals surface area contributed by atoms with E-state index in [-0.39, 0.29) is 23.8 Å². The molecule has 7 heteroatoms. The lowest BCUT2D eigenvalue weighted by Gasteiger charge is -2.31. The summed E-state index contributed by atoms with van der Waals surface area (Å²) in [6, 6.07) is 5.76. The van der Waals surface area contributed by atoms with Gasteiger partial charge in [-0.1, -0.05) is 19.8 Å². The number of hydrogen-bond donors (Lipinski definition) is 1. The molecule has 2 aromatic rings. The monoisotopic (exact) mass is 383 g/mol. The summed E-state index contributed by atoms with van der Waals surface area (Å²) in [6.45, 7) is 4.44. The maximum atomic E-state index is 13.0. The van der Waals surface area contributed by atoms with Gasteiger partial charge in [-0.05, 0) is 37.5 Å².